The average Bonchev–Trinajstić information content (AvgIpc) is 3.28. The smallest absolute Gasteiger partial charge is 0.317 e. The lowest BCUT2D eigenvalue weighted by Gasteiger charge is -2.50. The summed E-state index contributed by atoms with van der Waals surface area (Å²) in [5, 5.41) is 5.25. The zero-order valence-corrected chi connectivity index (χ0v) is 15.0. The van der Waals surface area contributed by atoms with Crippen molar-refractivity contribution in [2.75, 3.05) is 39.3 Å². The predicted molar refractivity (Wildman–Crippen MR) is 95.2 cm³/mol. The Morgan fingerprint density at radius 3 is 2.96 bits per heavy atom. The van der Waals surface area contributed by atoms with Crippen molar-refractivity contribution in [3.05, 3.63) is 22.4 Å². The molecular formula is C18H27N3O2S. The van der Waals surface area contributed by atoms with Crippen LogP contribution in [0.15, 0.2) is 17.5 Å². The molecule has 5 nitrogen and oxygen atoms in total. The van der Waals surface area contributed by atoms with Crippen LogP contribution in [-0.2, 0) is 11.3 Å². The van der Waals surface area contributed by atoms with E-state index in [1.54, 1.807) is 0 Å². The van der Waals surface area contributed by atoms with Crippen molar-refractivity contribution in [2.45, 2.75) is 37.8 Å². The van der Waals surface area contributed by atoms with Gasteiger partial charge in [-0.05, 0) is 43.0 Å². The number of amides is 2. The molecular weight excluding hydrogens is 322 g/mol. The Morgan fingerprint density at radius 2 is 2.21 bits per heavy atom. The van der Waals surface area contributed by atoms with E-state index in [0.29, 0.717) is 5.92 Å². The molecule has 0 radical (unpaired) electrons. The summed E-state index contributed by atoms with van der Waals surface area (Å²) in [7, 11) is 0. The van der Waals surface area contributed by atoms with E-state index in [4.69, 9.17) is 4.74 Å². The summed E-state index contributed by atoms with van der Waals surface area (Å²) in [5.41, 5.74) is 0.0512. The van der Waals surface area contributed by atoms with Crippen molar-refractivity contribution >= 4 is 17.4 Å². The average molecular weight is 350 g/mol. The first kappa shape index (κ1) is 16.4. The van der Waals surface area contributed by atoms with Gasteiger partial charge in [0, 0.05) is 50.8 Å². The Bertz CT molecular complexity index is 551. The Morgan fingerprint density at radius 1 is 1.38 bits per heavy atom. The quantitative estimate of drug-likeness (QED) is 0.888. The Labute approximate surface area is 148 Å². The lowest BCUT2D eigenvalue weighted by molar-refractivity contribution is -0.136. The topological polar surface area (TPSA) is 44.8 Å². The number of nitrogens with one attached hydrogen (secondary N) is 1. The van der Waals surface area contributed by atoms with E-state index in [0.717, 1.165) is 71.6 Å². The largest absolute Gasteiger partial charge is 0.372 e. The summed E-state index contributed by atoms with van der Waals surface area (Å²) in [5.74, 6) is 0.580. The molecule has 3 aliphatic heterocycles. The minimum absolute atomic E-state index is 0.0512. The second-order valence-corrected chi connectivity index (χ2v) is 8.37. The fourth-order valence-electron chi connectivity index (χ4n) is 4.37. The van der Waals surface area contributed by atoms with E-state index >= 15 is 0 Å². The Balaban J connectivity index is 1.22. The number of rotatable bonds is 5. The molecule has 1 N–H and O–H groups in total. The van der Waals surface area contributed by atoms with E-state index in [1.165, 1.54) is 4.88 Å². The first-order valence-corrected chi connectivity index (χ1v) is 10.0. The van der Waals surface area contributed by atoms with Gasteiger partial charge in [0.05, 0.1) is 5.60 Å². The molecule has 1 atom stereocenters. The van der Waals surface area contributed by atoms with Gasteiger partial charge in [-0.15, -0.1) is 11.3 Å². The van der Waals surface area contributed by atoms with Crippen LogP contribution in [0.2, 0.25) is 0 Å². The van der Waals surface area contributed by atoms with Crippen molar-refractivity contribution in [1.82, 2.24) is 15.1 Å². The monoisotopic (exact) mass is 349 g/mol. The highest BCUT2D eigenvalue weighted by atomic mass is 32.1. The van der Waals surface area contributed by atoms with E-state index in [2.05, 4.69) is 27.7 Å². The maximum absolute atomic E-state index is 12.1. The van der Waals surface area contributed by atoms with Crippen LogP contribution in [0.4, 0.5) is 4.79 Å². The van der Waals surface area contributed by atoms with Crippen molar-refractivity contribution in [2.24, 2.45) is 5.92 Å². The number of carbonyl (C=O) groups is 1. The molecule has 1 aromatic rings. The third-order valence-corrected chi connectivity index (χ3v) is 6.57. The lowest BCUT2D eigenvalue weighted by atomic mass is 9.79. The van der Waals surface area contributed by atoms with Crippen LogP contribution < -0.4 is 5.32 Å². The second kappa shape index (κ2) is 7.02. The molecule has 1 spiro atoms. The van der Waals surface area contributed by atoms with Gasteiger partial charge in [0.25, 0.3) is 0 Å². The third kappa shape index (κ3) is 3.32. The van der Waals surface area contributed by atoms with Crippen molar-refractivity contribution in [3.8, 4) is 0 Å². The summed E-state index contributed by atoms with van der Waals surface area (Å²) >= 11 is 1.83. The molecule has 0 aliphatic carbocycles. The molecule has 6 heteroatoms. The zero-order valence-electron chi connectivity index (χ0n) is 14.2. The van der Waals surface area contributed by atoms with E-state index < -0.39 is 0 Å². The number of ether oxygens (including phenoxy) is 1. The second-order valence-electron chi connectivity index (χ2n) is 7.34. The zero-order chi connectivity index (χ0) is 16.4. The molecule has 24 heavy (non-hydrogen) atoms. The van der Waals surface area contributed by atoms with Gasteiger partial charge in [-0.3, -0.25) is 4.90 Å². The standard InChI is InChI=1S/C18H27N3O2S/c22-17(21-8-1-2-9-21)19-7-5-15-6-10-23-18(15)13-20(14-18)12-16-4-3-11-24-16/h3-4,11,15H,1-2,5-10,12-14H2,(H,19,22)/t15-/m1/s1. The Hall–Kier alpha value is -1.11. The van der Waals surface area contributed by atoms with Crippen LogP contribution in [0.25, 0.3) is 0 Å². The van der Waals surface area contributed by atoms with Crippen LogP contribution in [0.5, 0.6) is 0 Å². The van der Waals surface area contributed by atoms with Gasteiger partial charge >= 0.3 is 6.03 Å². The molecule has 0 unspecified atom stereocenters. The van der Waals surface area contributed by atoms with Gasteiger partial charge in [0.1, 0.15) is 0 Å². The van der Waals surface area contributed by atoms with Gasteiger partial charge in [0.15, 0.2) is 0 Å². The number of likely N-dealkylation sites (tertiary alicyclic amines) is 2. The first-order chi connectivity index (χ1) is 11.8. The molecule has 4 rings (SSSR count). The van der Waals surface area contributed by atoms with E-state index in [-0.39, 0.29) is 11.6 Å². The number of thiophene rings is 1. The molecule has 0 bridgehead atoms. The summed E-state index contributed by atoms with van der Waals surface area (Å²) in [4.78, 5) is 17.9. The first-order valence-electron chi connectivity index (χ1n) is 9.17. The van der Waals surface area contributed by atoms with Crippen LogP contribution >= 0.6 is 11.3 Å². The molecule has 1 aromatic heterocycles. The van der Waals surface area contributed by atoms with Gasteiger partial charge in [0.2, 0.25) is 0 Å². The van der Waals surface area contributed by atoms with Gasteiger partial charge < -0.3 is 15.0 Å². The summed E-state index contributed by atoms with van der Waals surface area (Å²) < 4.78 is 6.13. The maximum Gasteiger partial charge on any atom is 0.317 e. The van der Waals surface area contributed by atoms with E-state index in [1.807, 2.05) is 16.2 Å². The number of nitrogens with zero attached hydrogens (tertiary/aromatic N) is 2. The van der Waals surface area contributed by atoms with Gasteiger partial charge in [-0.1, -0.05) is 6.07 Å². The highest BCUT2D eigenvalue weighted by molar-refractivity contribution is 7.09. The molecule has 0 saturated carbocycles. The van der Waals surface area contributed by atoms with Crippen LogP contribution in [0.1, 0.15) is 30.6 Å². The summed E-state index contributed by atoms with van der Waals surface area (Å²) in [6, 6.07) is 4.44. The van der Waals surface area contributed by atoms with E-state index in [9.17, 15) is 4.79 Å². The minimum Gasteiger partial charge on any atom is -0.372 e. The number of hydrogen-bond donors (Lipinski definition) is 1. The summed E-state index contributed by atoms with van der Waals surface area (Å²) in [6.45, 7) is 6.60. The number of carbonyl (C=O) groups excluding carboxylic acids is 1. The highest BCUT2D eigenvalue weighted by Crippen LogP contribution is 2.42. The Kier molecular flexibility index (Phi) is 4.79. The fourth-order valence-corrected chi connectivity index (χ4v) is 5.12. The van der Waals surface area contributed by atoms with Crippen LogP contribution in [0.3, 0.4) is 0 Å². The van der Waals surface area contributed by atoms with Crippen LogP contribution in [0, 0.1) is 5.92 Å². The molecule has 2 amide bonds. The molecule has 132 valence electrons. The highest BCUT2D eigenvalue weighted by Gasteiger charge is 2.52. The normalized spacial score (nSPS) is 26.0. The number of urea groups is 1. The van der Waals surface area contributed by atoms with Crippen LogP contribution in [-0.4, -0.2) is 60.8 Å². The molecule has 3 aliphatic rings. The fraction of sp³-hybridized carbons (Fsp3) is 0.722. The van der Waals surface area contributed by atoms with Crippen molar-refractivity contribution in [3.63, 3.8) is 0 Å². The molecule has 3 saturated heterocycles. The van der Waals surface area contributed by atoms with Crippen molar-refractivity contribution < 1.29 is 9.53 Å². The maximum atomic E-state index is 12.1. The van der Waals surface area contributed by atoms with Gasteiger partial charge in [-0.2, -0.15) is 0 Å². The predicted octanol–water partition coefficient (Wildman–Crippen LogP) is 2.53. The lowest BCUT2D eigenvalue weighted by Crippen LogP contribution is -2.64. The third-order valence-electron chi connectivity index (χ3n) is 5.70. The molecule has 0 aromatic carbocycles. The molecule has 4 heterocycles. The minimum atomic E-state index is 0.0512. The molecule has 3 fully saturated rings. The van der Waals surface area contributed by atoms with Crippen molar-refractivity contribution in [1.29, 1.82) is 0 Å². The SMILES string of the molecule is O=C(NCC[C@@H]1CCOC12CN(Cc1cccs1)C2)N1CCCC1. The van der Waals surface area contributed by atoms with Gasteiger partial charge in [-0.25, -0.2) is 4.79 Å². The summed E-state index contributed by atoms with van der Waals surface area (Å²) in [6.07, 6.45) is 4.46. The number of hydrogen-bond acceptors (Lipinski definition) is 4.